The van der Waals surface area contributed by atoms with Crippen molar-refractivity contribution in [3.05, 3.63) is 77.5 Å². The van der Waals surface area contributed by atoms with Gasteiger partial charge in [-0.25, -0.2) is 10.2 Å². The highest BCUT2D eigenvalue weighted by Gasteiger charge is 2.27. The molecule has 0 radical (unpaired) electrons. The first-order valence-corrected chi connectivity index (χ1v) is 10.3. The summed E-state index contributed by atoms with van der Waals surface area (Å²) in [5.41, 5.74) is 10.5. The van der Waals surface area contributed by atoms with Crippen LogP contribution >= 0.6 is 11.8 Å². The Hall–Kier alpha value is -2.77. The number of hydrogen-bond donors (Lipinski definition) is 2. The minimum atomic E-state index is 0.253. The van der Waals surface area contributed by atoms with Gasteiger partial charge < -0.3 is 0 Å². The maximum atomic E-state index is 4.70. The molecule has 0 saturated carbocycles. The van der Waals surface area contributed by atoms with E-state index < -0.39 is 0 Å². The Labute approximate surface area is 169 Å². The van der Waals surface area contributed by atoms with Crippen molar-refractivity contribution < 1.29 is 0 Å². The van der Waals surface area contributed by atoms with E-state index in [1.54, 1.807) is 11.8 Å². The van der Waals surface area contributed by atoms with Crippen molar-refractivity contribution in [2.24, 2.45) is 5.10 Å². The second kappa shape index (κ2) is 8.08. The second-order valence-corrected chi connectivity index (χ2v) is 7.97. The minimum absolute atomic E-state index is 0.253. The fraction of sp³-hybridized carbons (Fsp3) is 0.238. The van der Waals surface area contributed by atoms with Gasteiger partial charge in [-0.1, -0.05) is 48.0 Å². The van der Waals surface area contributed by atoms with E-state index in [2.05, 4.69) is 85.5 Å². The van der Waals surface area contributed by atoms with Gasteiger partial charge in [-0.15, -0.1) is 22.4 Å². The number of hydrazone groups is 1. The Morgan fingerprint density at radius 1 is 1.04 bits per heavy atom. The molecule has 4 rings (SSSR count). The van der Waals surface area contributed by atoms with Crippen molar-refractivity contribution in [3.63, 3.8) is 0 Å². The third-order valence-electron chi connectivity index (χ3n) is 4.54. The van der Waals surface area contributed by atoms with Crippen LogP contribution in [-0.2, 0) is 5.75 Å². The fourth-order valence-electron chi connectivity index (χ4n) is 3.03. The predicted molar refractivity (Wildman–Crippen MR) is 114 cm³/mol. The first kappa shape index (κ1) is 18.6. The zero-order valence-corrected chi connectivity index (χ0v) is 17.1. The number of hydrazine groups is 2. The van der Waals surface area contributed by atoms with Crippen LogP contribution in [0.4, 0.5) is 0 Å². The Kier molecular flexibility index (Phi) is 5.36. The van der Waals surface area contributed by atoms with E-state index in [0.29, 0.717) is 0 Å². The summed E-state index contributed by atoms with van der Waals surface area (Å²) in [7, 11) is 0. The predicted octanol–water partition coefficient (Wildman–Crippen LogP) is 3.87. The minimum Gasteiger partial charge on any atom is -0.268 e. The van der Waals surface area contributed by atoms with Gasteiger partial charge in [-0.2, -0.15) is 5.10 Å². The molecule has 0 saturated heterocycles. The van der Waals surface area contributed by atoms with Crippen LogP contribution in [0.2, 0.25) is 0 Å². The molecule has 0 amide bonds. The van der Waals surface area contributed by atoms with E-state index in [0.717, 1.165) is 27.9 Å². The Morgan fingerprint density at radius 2 is 1.79 bits per heavy atom. The number of rotatable bonds is 6. The van der Waals surface area contributed by atoms with Crippen molar-refractivity contribution in [1.82, 2.24) is 25.9 Å². The van der Waals surface area contributed by atoms with Gasteiger partial charge in [-0.05, 0) is 38.5 Å². The summed E-state index contributed by atoms with van der Waals surface area (Å²) in [5.74, 6) is 1.71. The molecule has 1 aliphatic heterocycles. The molecular formula is C21H24N6S. The molecule has 0 unspecified atom stereocenters. The van der Waals surface area contributed by atoms with Crippen molar-refractivity contribution >= 4 is 17.6 Å². The van der Waals surface area contributed by atoms with Crippen LogP contribution in [0.15, 0.2) is 70.9 Å². The lowest BCUT2D eigenvalue weighted by molar-refractivity contribution is 0.246. The van der Waals surface area contributed by atoms with Crippen LogP contribution < -0.4 is 11.1 Å². The van der Waals surface area contributed by atoms with Crippen LogP contribution in [0.25, 0.3) is 5.69 Å². The topological polar surface area (TPSA) is 57.5 Å². The summed E-state index contributed by atoms with van der Waals surface area (Å²) in [5, 5.41) is 12.2. The SMILES string of the molecule is Cc1ccc(-n2ncc(C3=NNNN3C(C)C)c2SCc2ccccc2)cc1. The van der Waals surface area contributed by atoms with Gasteiger partial charge in [0.2, 0.25) is 0 Å². The maximum absolute atomic E-state index is 4.70. The van der Waals surface area contributed by atoms with Gasteiger partial charge in [0.15, 0.2) is 5.84 Å². The lowest BCUT2D eigenvalue weighted by Gasteiger charge is -2.23. The molecule has 0 aliphatic carbocycles. The van der Waals surface area contributed by atoms with E-state index in [4.69, 9.17) is 5.10 Å². The molecule has 2 N–H and O–H groups in total. The number of hydrogen-bond acceptors (Lipinski definition) is 6. The zero-order chi connectivity index (χ0) is 19.5. The van der Waals surface area contributed by atoms with Gasteiger partial charge in [0.1, 0.15) is 5.03 Å². The molecular weight excluding hydrogens is 368 g/mol. The number of aromatic nitrogens is 2. The average Bonchev–Trinajstić information content (AvgIpc) is 3.34. The third-order valence-corrected chi connectivity index (χ3v) is 5.68. The summed E-state index contributed by atoms with van der Waals surface area (Å²) >= 11 is 1.77. The largest absolute Gasteiger partial charge is 0.268 e. The summed E-state index contributed by atoms with van der Waals surface area (Å²) in [6, 6.07) is 19.2. The van der Waals surface area contributed by atoms with Crippen molar-refractivity contribution in [2.75, 3.05) is 0 Å². The third kappa shape index (κ3) is 3.76. The number of aryl methyl sites for hydroxylation is 1. The first-order valence-electron chi connectivity index (χ1n) is 9.33. The fourth-order valence-corrected chi connectivity index (χ4v) is 4.10. The molecule has 2 aromatic carbocycles. The lowest BCUT2D eigenvalue weighted by Crippen LogP contribution is -2.45. The molecule has 7 heteroatoms. The van der Waals surface area contributed by atoms with Crippen molar-refractivity contribution in [2.45, 2.75) is 37.6 Å². The van der Waals surface area contributed by atoms with Gasteiger partial charge in [0.05, 0.1) is 17.4 Å². The molecule has 3 aromatic rings. The van der Waals surface area contributed by atoms with Crippen molar-refractivity contribution in [1.29, 1.82) is 0 Å². The Balaban J connectivity index is 1.72. The van der Waals surface area contributed by atoms with Crippen LogP contribution in [-0.4, -0.2) is 26.7 Å². The van der Waals surface area contributed by atoms with Gasteiger partial charge in [-0.3, -0.25) is 5.01 Å². The van der Waals surface area contributed by atoms with E-state index in [1.165, 1.54) is 11.1 Å². The lowest BCUT2D eigenvalue weighted by atomic mass is 10.2. The summed E-state index contributed by atoms with van der Waals surface area (Å²) in [6.45, 7) is 6.34. The maximum Gasteiger partial charge on any atom is 0.177 e. The van der Waals surface area contributed by atoms with E-state index in [-0.39, 0.29) is 6.04 Å². The van der Waals surface area contributed by atoms with Gasteiger partial charge >= 0.3 is 0 Å². The molecule has 6 nitrogen and oxygen atoms in total. The molecule has 0 bridgehead atoms. The zero-order valence-electron chi connectivity index (χ0n) is 16.3. The first-order chi connectivity index (χ1) is 13.6. The highest BCUT2D eigenvalue weighted by molar-refractivity contribution is 7.98. The van der Waals surface area contributed by atoms with E-state index in [1.807, 2.05) is 22.0 Å². The highest BCUT2D eigenvalue weighted by atomic mass is 32.2. The number of nitrogens with zero attached hydrogens (tertiary/aromatic N) is 4. The molecule has 0 atom stereocenters. The van der Waals surface area contributed by atoms with Crippen LogP contribution in [0, 0.1) is 6.92 Å². The summed E-state index contributed by atoms with van der Waals surface area (Å²) < 4.78 is 2.00. The average molecular weight is 393 g/mol. The number of benzene rings is 2. The smallest absolute Gasteiger partial charge is 0.177 e. The van der Waals surface area contributed by atoms with Gasteiger partial charge in [0, 0.05) is 11.8 Å². The normalized spacial score (nSPS) is 13.7. The molecule has 28 heavy (non-hydrogen) atoms. The second-order valence-electron chi connectivity index (χ2n) is 7.01. The highest BCUT2D eigenvalue weighted by Crippen LogP contribution is 2.30. The molecule has 1 aliphatic rings. The molecule has 144 valence electrons. The molecule has 2 heterocycles. The summed E-state index contributed by atoms with van der Waals surface area (Å²) in [4.78, 5) is 0. The Morgan fingerprint density at radius 3 is 2.50 bits per heavy atom. The van der Waals surface area contributed by atoms with Crippen molar-refractivity contribution in [3.8, 4) is 5.69 Å². The van der Waals surface area contributed by atoms with Crippen LogP contribution in [0.1, 0.15) is 30.5 Å². The van der Waals surface area contributed by atoms with Gasteiger partial charge in [0.25, 0.3) is 0 Å². The monoisotopic (exact) mass is 392 g/mol. The standard InChI is InChI=1S/C21H24N6S/c1-15(2)26-20(23-24-25-26)19-13-22-27(18-11-9-16(3)10-12-18)21(19)28-14-17-7-5-4-6-8-17/h4-13,15,24-25H,14H2,1-3H3. The number of thioether (sulfide) groups is 1. The van der Waals surface area contributed by atoms with E-state index in [9.17, 15) is 0 Å². The van der Waals surface area contributed by atoms with E-state index >= 15 is 0 Å². The quantitative estimate of drug-likeness (QED) is 0.624. The molecule has 0 fully saturated rings. The Bertz CT molecular complexity index is 962. The van der Waals surface area contributed by atoms with Crippen LogP contribution in [0.5, 0.6) is 0 Å². The molecule has 1 aromatic heterocycles. The number of nitrogens with one attached hydrogen (secondary N) is 2. The molecule has 0 spiro atoms. The summed E-state index contributed by atoms with van der Waals surface area (Å²) in [6.07, 6.45) is 1.90. The number of amidine groups is 1. The van der Waals surface area contributed by atoms with Crippen LogP contribution in [0.3, 0.4) is 0 Å².